The predicted octanol–water partition coefficient (Wildman–Crippen LogP) is 1.75. The molecule has 1 aliphatic rings. The zero-order chi connectivity index (χ0) is 13.2. The van der Waals surface area contributed by atoms with E-state index in [4.69, 9.17) is 5.11 Å². The summed E-state index contributed by atoms with van der Waals surface area (Å²) in [5.41, 5.74) is 0.448. The number of aromatic nitrogens is 2. The minimum absolute atomic E-state index is 0.0902. The van der Waals surface area contributed by atoms with Gasteiger partial charge in [-0.15, -0.1) is 5.10 Å². The number of anilines is 1. The summed E-state index contributed by atoms with van der Waals surface area (Å²) < 4.78 is 37.5. The van der Waals surface area contributed by atoms with Gasteiger partial charge in [-0.25, -0.2) is 0 Å². The molecule has 0 aliphatic carbocycles. The molecular formula is C11H14F3N3O. The van der Waals surface area contributed by atoms with Crippen LogP contribution in [0.2, 0.25) is 0 Å². The quantitative estimate of drug-likeness (QED) is 0.881. The van der Waals surface area contributed by atoms with E-state index in [2.05, 4.69) is 10.2 Å². The number of aliphatic hydroxyl groups is 1. The van der Waals surface area contributed by atoms with E-state index in [1.54, 1.807) is 17.0 Å². The Morgan fingerprint density at radius 2 is 1.89 bits per heavy atom. The van der Waals surface area contributed by atoms with Gasteiger partial charge in [0.25, 0.3) is 0 Å². The smallest absolute Gasteiger partial charge is 0.390 e. The number of piperidine rings is 1. The second-order valence-electron chi connectivity index (χ2n) is 4.34. The molecule has 0 saturated carbocycles. The average molecular weight is 261 g/mol. The highest BCUT2D eigenvalue weighted by atomic mass is 19.4. The number of aliphatic hydroxyl groups excluding tert-OH is 1. The summed E-state index contributed by atoms with van der Waals surface area (Å²) in [7, 11) is 0. The van der Waals surface area contributed by atoms with Crippen molar-refractivity contribution in [1.82, 2.24) is 10.2 Å². The zero-order valence-corrected chi connectivity index (χ0v) is 9.69. The lowest BCUT2D eigenvalue weighted by molar-refractivity contribution is -0.179. The molecule has 0 radical (unpaired) electrons. The van der Waals surface area contributed by atoms with Crippen LogP contribution < -0.4 is 4.90 Å². The molecule has 0 aromatic carbocycles. The van der Waals surface area contributed by atoms with E-state index in [-0.39, 0.29) is 19.4 Å². The van der Waals surface area contributed by atoms with Crippen molar-refractivity contribution < 1.29 is 18.3 Å². The number of alkyl halides is 3. The normalized spacial score (nSPS) is 18.1. The molecular weight excluding hydrogens is 247 g/mol. The Morgan fingerprint density at radius 1 is 1.22 bits per heavy atom. The van der Waals surface area contributed by atoms with E-state index in [1.165, 1.54) is 0 Å². The van der Waals surface area contributed by atoms with Gasteiger partial charge in [0, 0.05) is 13.1 Å². The van der Waals surface area contributed by atoms with Gasteiger partial charge in [-0.3, -0.25) is 0 Å². The maximum atomic E-state index is 12.5. The van der Waals surface area contributed by atoms with Crippen LogP contribution in [-0.4, -0.2) is 34.6 Å². The van der Waals surface area contributed by atoms with E-state index >= 15 is 0 Å². The Hall–Kier alpha value is -1.37. The topological polar surface area (TPSA) is 49.2 Å². The second-order valence-corrected chi connectivity index (χ2v) is 4.34. The molecule has 1 fully saturated rings. The van der Waals surface area contributed by atoms with Gasteiger partial charge >= 0.3 is 6.18 Å². The van der Waals surface area contributed by atoms with Gasteiger partial charge in [-0.05, 0) is 25.0 Å². The van der Waals surface area contributed by atoms with Crippen molar-refractivity contribution in [2.24, 2.45) is 5.92 Å². The van der Waals surface area contributed by atoms with E-state index in [1.807, 2.05) is 0 Å². The van der Waals surface area contributed by atoms with Crippen LogP contribution in [-0.2, 0) is 6.61 Å². The Balaban J connectivity index is 1.96. The van der Waals surface area contributed by atoms with Crippen molar-refractivity contribution in [3.05, 3.63) is 17.8 Å². The minimum atomic E-state index is -4.10. The highest BCUT2D eigenvalue weighted by molar-refractivity contribution is 5.37. The molecule has 4 nitrogen and oxygen atoms in total. The predicted molar refractivity (Wildman–Crippen MR) is 58.9 cm³/mol. The maximum Gasteiger partial charge on any atom is 0.391 e. The standard InChI is InChI=1S/C11H14F3N3O/c12-11(13,14)8-3-5-17(6-4-8)10-2-1-9(7-18)15-16-10/h1-2,8,18H,3-7H2. The maximum absolute atomic E-state index is 12.5. The van der Waals surface area contributed by atoms with Crippen molar-refractivity contribution in [3.63, 3.8) is 0 Å². The number of rotatable bonds is 2. The molecule has 0 bridgehead atoms. The van der Waals surface area contributed by atoms with Gasteiger partial charge in [-0.2, -0.15) is 18.3 Å². The van der Waals surface area contributed by atoms with Gasteiger partial charge in [0.1, 0.15) is 0 Å². The van der Waals surface area contributed by atoms with Gasteiger partial charge in [0.05, 0.1) is 18.2 Å². The van der Waals surface area contributed by atoms with Crippen LogP contribution >= 0.6 is 0 Å². The van der Waals surface area contributed by atoms with Crippen molar-refractivity contribution in [2.45, 2.75) is 25.6 Å². The lowest BCUT2D eigenvalue weighted by Gasteiger charge is -2.33. The molecule has 7 heteroatoms. The molecule has 0 spiro atoms. The lowest BCUT2D eigenvalue weighted by Crippen LogP contribution is -2.39. The van der Waals surface area contributed by atoms with Crippen LogP contribution in [0.3, 0.4) is 0 Å². The van der Waals surface area contributed by atoms with Crippen LogP contribution in [0.5, 0.6) is 0 Å². The summed E-state index contributed by atoms with van der Waals surface area (Å²) in [5.74, 6) is -0.647. The van der Waals surface area contributed by atoms with E-state index in [0.29, 0.717) is 24.6 Å². The Kier molecular flexibility index (Phi) is 3.70. The summed E-state index contributed by atoms with van der Waals surface area (Å²) >= 11 is 0. The van der Waals surface area contributed by atoms with E-state index < -0.39 is 12.1 Å². The fourth-order valence-corrected chi connectivity index (χ4v) is 2.04. The summed E-state index contributed by atoms with van der Waals surface area (Å²) in [6, 6.07) is 3.30. The molecule has 1 aliphatic heterocycles. The molecule has 1 N–H and O–H groups in total. The van der Waals surface area contributed by atoms with Gasteiger partial charge < -0.3 is 10.0 Å². The SMILES string of the molecule is OCc1ccc(N2CCC(C(F)(F)F)CC2)nn1. The molecule has 0 atom stereocenters. The number of nitrogens with zero attached hydrogens (tertiary/aromatic N) is 3. The summed E-state index contributed by atoms with van der Waals surface area (Å²) in [6.45, 7) is 0.470. The zero-order valence-electron chi connectivity index (χ0n) is 9.69. The monoisotopic (exact) mass is 261 g/mol. The van der Waals surface area contributed by atoms with Crippen LogP contribution in [0, 0.1) is 5.92 Å². The molecule has 2 heterocycles. The molecule has 100 valence electrons. The minimum Gasteiger partial charge on any atom is -0.390 e. The van der Waals surface area contributed by atoms with Gasteiger partial charge in [0.2, 0.25) is 0 Å². The summed E-state index contributed by atoms with van der Waals surface area (Å²) in [5, 5.41) is 16.5. The van der Waals surface area contributed by atoms with Crippen LogP contribution in [0.15, 0.2) is 12.1 Å². The van der Waals surface area contributed by atoms with Crippen molar-refractivity contribution >= 4 is 5.82 Å². The van der Waals surface area contributed by atoms with E-state index in [9.17, 15) is 13.2 Å². The number of hydrogen-bond donors (Lipinski definition) is 1. The highest BCUT2D eigenvalue weighted by Crippen LogP contribution is 2.34. The first-order valence-electron chi connectivity index (χ1n) is 5.76. The molecule has 1 aromatic rings. The Bertz CT molecular complexity index is 386. The summed E-state index contributed by atoms with van der Waals surface area (Å²) in [4.78, 5) is 1.79. The lowest BCUT2D eigenvalue weighted by atomic mass is 9.96. The fraction of sp³-hybridized carbons (Fsp3) is 0.636. The summed E-state index contributed by atoms with van der Waals surface area (Å²) in [6.07, 6.45) is -3.92. The van der Waals surface area contributed by atoms with Crippen molar-refractivity contribution in [1.29, 1.82) is 0 Å². The van der Waals surface area contributed by atoms with Crippen LogP contribution in [0.1, 0.15) is 18.5 Å². The van der Waals surface area contributed by atoms with Crippen LogP contribution in [0.25, 0.3) is 0 Å². The average Bonchev–Trinajstić information content (AvgIpc) is 2.38. The van der Waals surface area contributed by atoms with Crippen LogP contribution in [0.4, 0.5) is 19.0 Å². The molecule has 1 saturated heterocycles. The molecule has 2 rings (SSSR count). The van der Waals surface area contributed by atoms with E-state index in [0.717, 1.165) is 0 Å². The highest BCUT2D eigenvalue weighted by Gasteiger charge is 2.41. The Labute approximate surface area is 102 Å². The first-order chi connectivity index (χ1) is 8.50. The second kappa shape index (κ2) is 5.09. The number of hydrogen-bond acceptors (Lipinski definition) is 4. The third-order valence-electron chi connectivity index (χ3n) is 3.15. The largest absolute Gasteiger partial charge is 0.391 e. The molecule has 0 amide bonds. The first-order valence-corrected chi connectivity index (χ1v) is 5.76. The van der Waals surface area contributed by atoms with Gasteiger partial charge in [0.15, 0.2) is 5.82 Å². The Morgan fingerprint density at radius 3 is 2.33 bits per heavy atom. The number of halogens is 3. The molecule has 18 heavy (non-hydrogen) atoms. The first kappa shape index (κ1) is 13.1. The van der Waals surface area contributed by atoms with Crippen molar-refractivity contribution in [3.8, 4) is 0 Å². The third-order valence-corrected chi connectivity index (χ3v) is 3.15. The third kappa shape index (κ3) is 2.90. The fourth-order valence-electron chi connectivity index (χ4n) is 2.04. The molecule has 0 unspecified atom stereocenters. The van der Waals surface area contributed by atoms with Gasteiger partial charge in [-0.1, -0.05) is 0 Å². The van der Waals surface area contributed by atoms with Crippen molar-refractivity contribution in [2.75, 3.05) is 18.0 Å². The molecule has 1 aromatic heterocycles.